The quantitative estimate of drug-likeness (QED) is 0.200. The van der Waals surface area contributed by atoms with Crippen LogP contribution in [-0.4, -0.2) is 88.5 Å². The van der Waals surface area contributed by atoms with E-state index in [0.29, 0.717) is 6.10 Å². The SMILES string of the molecule is CCN(CC)CCCCNC(=NC)N1CCC(OCCCOC)CC1.I. The molecule has 1 heterocycles. The van der Waals surface area contributed by atoms with E-state index in [1.807, 2.05) is 7.05 Å². The first-order valence-corrected chi connectivity index (χ1v) is 10.0. The summed E-state index contributed by atoms with van der Waals surface area (Å²) >= 11 is 0. The van der Waals surface area contributed by atoms with Crippen LogP contribution in [0.3, 0.4) is 0 Å². The van der Waals surface area contributed by atoms with Gasteiger partial charge in [-0.3, -0.25) is 4.99 Å². The van der Waals surface area contributed by atoms with Crippen LogP contribution in [0.15, 0.2) is 4.99 Å². The number of guanidine groups is 1. The second-order valence-electron chi connectivity index (χ2n) is 6.61. The van der Waals surface area contributed by atoms with Crippen LogP contribution in [0.25, 0.3) is 0 Å². The maximum absolute atomic E-state index is 5.93. The molecule has 26 heavy (non-hydrogen) atoms. The van der Waals surface area contributed by atoms with Gasteiger partial charge >= 0.3 is 0 Å². The molecule has 0 unspecified atom stereocenters. The molecule has 0 aromatic heterocycles. The van der Waals surface area contributed by atoms with Crippen LogP contribution in [0.1, 0.15) is 46.0 Å². The molecule has 1 saturated heterocycles. The highest BCUT2D eigenvalue weighted by molar-refractivity contribution is 14.0. The lowest BCUT2D eigenvalue weighted by atomic mass is 10.1. The summed E-state index contributed by atoms with van der Waals surface area (Å²) in [7, 11) is 3.62. The highest BCUT2D eigenvalue weighted by atomic mass is 127. The van der Waals surface area contributed by atoms with Gasteiger partial charge in [0.05, 0.1) is 6.10 Å². The summed E-state index contributed by atoms with van der Waals surface area (Å²) in [5.74, 6) is 1.04. The Morgan fingerprint density at radius 2 is 1.81 bits per heavy atom. The predicted octanol–water partition coefficient (Wildman–Crippen LogP) is 2.82. The van der Waals surface area contributed by atoms with Crippen molar-refractivity contribution in [3.63, 3.8) is 0 Å². The van der Waals surface area contributed by atoms with E-state index in [2.05, 4.69) is 34.0 Å². The molecule has 0 aromatic rings. The molecule has 0 bridgehead atoms. The number of unbranched alkanes of at least 4 members (excludes halogenated alkanes) is 1. The fraction of sp³-hybridized carbons (Fsp3) is 0.947. The molecule has 0 radical (unpaired) electrons. The van der Waals surface area contributed by atoms with Gasteiger partial charge in [-0.15, -0.1) is 24.0 Å². The molecule has 1 aliphatic rings. The van der Waals surface area contributed by atoms with Crippen molar-refractivity contribution in [2.75, 3.05) is 66.6 Å². The molecule has 0 aliphatic carbocycles. The number of rotatable bonds is 12. The van der Waals surface area contributed by atoms with Crippen molar-refractivity contribution in [2.45, 2.75) is 52.1 Å². The van der Waals surface area contributed by atoms with Crippen LogP contribution in [0.2, 0.25) is 0 Å². The molecule has 1 N–H and O–H groups in total. The molecule has 1 rings (SSSR count). The molecule has 0 aromatic carbocycles. The molecule has 0 amide bonds. The summed E-state index contributed by atoms with van der Waals surface area (Å²) in [5, 5.41) is 3.52. The molecular weight excluding hydrogens is 443 g/mol. The number of nitrogens with one attached hydrogen (secondary N) is 1. The predicted molar refractivity (Wildman–Crippen MR) is 121 cm³/mol. The number of halogens is 1. The average molecular weight is 484 g/mol. The van der Waals surface area contributed by atoms with Gasteiger partial charge in [-0.05, 0) is 51.7 Å². The zero-order valence-corrected chi connectivity index (χ0v) is 19.7. The minimum atomic E-state index is 0. The Labute approximate surface area is 178 Å². The standard InChI is InChI=1S/C19H40N4O2.HI/c1-5-22(6-2)13-8-7-12-21-19(20-3)23-14-10-18(11-15-23)25-17-9-16-24-4;/h18H,5-17H2,1-4H3,(H,20,21);1H. The molecule has 0 atom stereocenters. The number of piperidine rings is 1. The van der Waals surface area contributed by atoms with Crippen LogP contribution in [0.4, 0.5) is 0 Å². The molecule has 156 valence electrons. The Hall–Kier alpha value is -0.120. The number of aliphatic imine (C=N–C) groups is 1. The number of ether oxygens (including phenoxy) is 2. The Bertz CT molecular complexity index is 346. The van der Waals surface area contributed by atoms with Crippen LogP contribution in [0.5, 0.6) is 0 Å². The summed E-state index contributed by atoms with van der Waals surface area (Å²) < 4.78 is 11.0. The van der Waals surface area contributed by atoms with Crippen molar-refractivity contribution in [1.29, 1.82) is 0 Å². The van der Waals surface area contributed by atoms with E-state index in [-0.39, 0.29) is 24.0 Å². The first kappa shape index (κ1) is 25.9. The number of hydrogen-bond donors (Lipinski definition) is 1. The zero-order valence-electron chi connectivity index (χ0n) is 17.3. The second kappa shape index (κ2) is 17.0. The van der Waals surface area contributed by atoms with Crippen LogP contribution in [-0.2, 0) is 9.47 Å². The van der Waals surface area contributed by atoms with Gasteiger partial charge in [-0.25, -0.2) is 0 Å². The highest BCUT2D eigenvalue weighted by Gasteiger charge is 2.21. The summed E-state index contributed by atoms with van der Waals surface area (Å²) in [6.07, 6.45) is 5.95. The first-order chi connectivity index (χ1) is 12.2. The molecule has 0 saturated carbocycles. The van der Waals surface area contributed by atoms with Crippen molar-refractivity contribution in [3.05, 3.63) is 0 Å². The van der Waals surface area contributed by atoms with E-state index < -0.39 is 0 Å². The van der Waals surface area contributed by atoms with E-state index in [9.17, 15) is 0 Å². The summed E-state index contributed by atoms with van der Waals surface area (Å²) in [4.78, 5) is 9.29. The third-order valence-corrected chi connectivity index (χ3v) is 4.88. The number of likely N-dealkylation sites (tertiary alicyclic amines) is 1. The minimum Gasteiger partial charge on any atom is -0.385 e. The van der Waals surface area contributed by atoms with Crippen LogP contribution >= 0.6 is 24.0 Å². The van der Waals surface area contributed by atoms with Gasteiger partial charge in [0.15, 0.2) is 5.96 Å². The van der Waals surface area contributed by atoms with Gasteiger partial charge in [0, 0.05) is 47.0 Å². The van der Waals surface area contributed by atoms with E-state index in [1.165, 1.54) is 19.4 Å². The number of nitrogens with zero attached hydrogens (tertiary/aromatic N) is 3. The Morgan fingerprint density at radius 3 is 2.38 bits per heavy atom. The van der Waals surface area contributed by atoms with Gasteiger partial charge in [-0.2, -0.15) is 0 Å². The zero-order chi connectivity index (χ0) is 18.3. The number of methoxy groups -OCH3 is 1. The largest absolute Gasteiger partial charge is 0.385 e. The van der Waals surface area contributed by atoms with E-state index in [0.717, 1.165) is 71.2 Å². The smallest absolute Gasteiger partial charge is 0.193 e. The van der Waals surface area contributed by atoms with Gasteiger partial charge in [-0.1, -0.05) is 13.8 Å². The normalized spacial score (nSPS) is 16.0. The van der Waals surface area contributed by atoms with E-state index >= 15 is 0 Å². The van der Waals surface area contributed by atoms with Gasteiger partial charge < -0.3 is 24.6 Å². The van der Waals surface area contributed by atoms with Crippen LogP contribution in [0, 0.1) is 0 Å². The molecule has 0 spiro atoms. The summed E-state index contributed by atoms with van der Waals surface area (Å²) in [6.45, 7) is 12.6. The molecule has 1 aliphatic heterocycles. The maximum Gasteiger partial charge on any atom is 0.193 e. The van der Waals surface area contributed by atoms with Gasteiger partial charge in [0.25, 0.3) is 0 Å². The number of hydrogen-bond acceptors (Lipinski definition) is 4. The lowest BCUT2D eigenvalue weighted by molar-refractivity contribution is 0.00991. The third-order valence-electron chi connectivity index (χ3n) is 4.88. The van der Waals surface area contributed by atoms with Crippen molar-refractivity contribution in [1.82, 2.24) is 15.1 Å². The third kappa shape index (κ3) is 10.9. The Balaban J connectivity index is 0.00000625. The maximum atomic E-state index is 5.93. The molecular formula is C19H41IN4O2. The lowest BCUT2D eigenvalue weighted by Gasteiger charge is -2.34. The molecule has 1 fully saturated rings. The summed E-state index contributed by atoms with van der Waals surface area (Å²) in [6, 6.07) is 0. The summed E-state index contributed by atoms with van der Waals surface area (Å²) in [5.41, 5.74) is 0. The van der Waals surface area contributed by atoms with Gasteiger partial charge in [0.2, 0.25) is 0 Å². The van der Waals surface area contributed by atoms with E-state index in [1.54, 1.807) is 7.11 Å². The Morgan fingerprint density at radius 1 is 1.12 bits per heavy atom. The van der Waals surface area contributed by atoms with Crippen molar-refractivity contribution in [3.8, 4) is 0 Å². The van der Waals surface area contributed by atoms with E-state index in [4.69, 9.17) is 9.47 Å². The van der Waals surface area contributed by atoms with Crippen LogP contribution < -0.4 is 5.32 Å². The highest BCUT2D eigenvalue weighted by Crippen LogP contribution is 2.14. The lowest BCUT2D eigenvalue weighted by Crippen LogP contribution is -2.47. The fourth-order valence-corrected chi connectivity index (χ4v) is 3.22. The average Bonchev–Trinajstić information content (AvgIpc) is 2.66. The first-order valence-electron chi connectivity index (χ1n) is 10.0. The topological polar surface area (TPSA) is 49.3 Å². The van der Waals surface area contributed by atoms with Gasteiger partial charge in [0.1, 0.15) is 0 Å². The minimum absolute atomic E-state index is 0. The fourth-order valence-electron chi connectivity index (χ4n) is 3.22. The molecule has 6 nitrogen and oxygen atoms in total. The van der Waals surface area contributed by atoms with Crippen molar-refractivity contribution < 1.29 is 9.47 Å². The second-order valence-corrected chi connectivity index (χ2v) is 6.61. The van der Waals surface area contributed by atoms with Crippen molar-refractivity contribution in [2.24, 2.45) is 4.99 Å². The van der Waals surface area contributed by atoms with Crippen molar-refractivity contribution >= 4 is 29.9 Å². The molecule has 7 heteroatoms. The monoisotopic (exact) mass is 484 g/mol. The Kier molecular flexibility index (Phi) is 16.9.